The highest BCUT2D eigenvalue weighted by molar-refractivity contribution is 5.85. The lowest BCUT2D eigenvalue weighted by Gasteiger charge is -2.22. The van der Waals surface area contributed by atoms with Crippen molar-refractivity contribution in [2.75, 3.05) is 0 Å². The molecule has 1 aliphatic carbocycles. The third-order valence-corrected chi connectivity index (χ3v) is 3.67. The summed E-state index contributed by atoms with van der Waals surface area (Å²) in [6.45, 7) is 0.442. The van der Waals surface area contributed by atoms with E-state index in [1.807, 2.05) is 12.3 Å². The van der Waals surface area contributed by atoms with Crippen LogP contribution in [0.25, 0.3) is 0 Å². The summed E-state index contributed by atoms with van der Waals surface area (Å²) in [5, 5.41) is 12.0. The highest BCUT2D eigenvalue weighted by Crippen LogP contribution is 2.41. The molecule has 2 rings (SSSR count). The van der Waals surface area contributed by atoms with Gasteiger partial charge in [0.15, 0.2) is 0 Å². The topological polar surface area (TPSA) is 82.2 Å². The fourth-order valence-corrected chi connectivity index (χ4v) is 2.56. The van der Waals surface area contributed by atoms with Crippen LogP contribution in [0, 0.1) is 5.41 Å². The van der Waals surface area contributed by atoms with Crippen LogP contribution in [-0.2, 0) is 16.1 Å². The first-order valence-corrected chi connectivity index (χ1v) is 6.24. The third-order valence-electron chi connectivity index (χ3n) is 3.67. The molecule has 3 N–H and O–H groups in total. The van der Waals surface area contributed by atoms with Gasteiger partial charge in [0, 0.05) is 25.4 Å². The largest absolute Gasteiger partial charge is 0.481 e. The van der Waals surface area contributed by atoms with Crippen LogP contribution in [0.3, 0.4) is 0 Å². The van der Waals surface area contributed by atoms with Crippen LogP contribution >= 0.6 is 0 Å². The first kappa shape index (κ1) is 12.7. The van der Waals surface area contributed by atoms with E-state index in [4.69, 9.17) is 0 Å². The highest BCUT2D eigenvalue weighted by Gasteiger charge is 2.42. The number of rotatable bonds is 5. The van der Waals surface area contributed by atoms with E-state index in [2.05, 4.69) is 10.3 Å². The Labute approximate surface area is 106 Å². The molecule has 0 spiro atoms. The van der Waals surface area contributed by atoms with Crippen molar-refractivity contribution in [3.05, 3.63) is 24.0 Å². The molecule has 0 bridgehead atoms. The Morgan fingerprint density at radius 1 is 1.39 bits per heavy atom. The van der Waals surface area contributed by atoms with Crippen molar-refractivity contribution in [3.8, 4) is 0 Å². The zero-order chi connectivity index (χ0) is 13.0. The van der Waals surface area contributed by atoms with Crippen molar-refractivity contribution in [2.45, 2.75) is 38.6 Å². The summed E-state index contributed by atoms with van der Waals surface area (Å²) >= 11 is 0. The zero-order valence-corrected chi connectivity index (χ0v) is 10.2. The Morgan fingerprint density at radius 3 is 2.67 bits per heavy atom. The Hall–Kier alpha value is -1.78. The molecule has 1 fully saturated rings. The van der Waals surface area contributed by atoms with Gasteiger partial charge in [0.05, 0.1) is 5.41 Å². The molecule has 0 atom stereocenters. The predicted molar refractivity (Wildman–Crippen MR) is 65.8 cm³/mol. The first-order chi connectivity index (χ1) is 8.62. The van der Waals surface area contributed by atoms with Gasteiger partial charge in [0.25, 0.3) is 0 Å². The molecule has 1 saturated carbocycles. The molecule has 5 heteroatoms. The minimum Gasteiger partial charge on any atom is -0.481 e. The summed E-state index contributed by atoms with van der Waals surface area (Å²) in [6.07, 6.45) is 6.71. The number of carboxylic acid groups (broad SMARTS) is 1. The van der Waals surface area contributed by atoms with Gasteiger partial charge in [-0.2, -0.15) is 0 Å². The van der Waals surface area contributed by atoms with Gasteiger partial charge in [-0.25, -0.2) is 0 Å². The molecule has 1 heterocycles. The fraction of sp³-hybridized carbons (Fsp3) is 0.538. The van der Waals surface area contributed by atoms with E-state index in [9.17, 15) is 14.7 Å². The van der Waals surface area contributed by atoms with Gasteiger partial charge in [0.1, 0.15) is 0 Å². The van der Waals surface area contributed by atoms with Crippen LogP contribution in [0.1, 0.15) is 37.7 Å². The number of carboxylic acids is 1. The zero-order valence-electron chi connectivity index (χ0n) is 10.2. The molecule has 18 heavy (non-hydrogen) atoms. The van der Waals surface area contributed by atoms with Gasteiger partial charge in [-0.1, -0.05) is 12.8 Å². The Kier molecular flexibility index (Phi) is 3.69. The number of carbonyl (C=O) groups is 2. The fourth-order valence-electron chi connectivity index (χ4n) is 2.56. The maximum atomic E-state index is 11.8. The maximum Gasteiger partial charge on any atom is 0.310 e. The van der Waals surface area contributed by atoms with Crippen molar-refractivity contribution >= 4 is 11.9 Å². The minimum absolute atomic E-state index is 0.0900. The molecular formula is C13H18N2O3. The smallest absolute Gasteiger partial charge is 0.310 e. The predicted octanol–water partition coefficient (Wildman–Crippen LogP) is 1.67. The van der Waals surface area contributed by atoms with Gasteiger partial charge >= 0.3 is 5.97 Å². The van der Waals surface area contributed by atoms with E-state index in [0.29, 0.717) is 19.4 Å². The average molecular weight is 250 g/mol. The Bertz CT molecular complexity index is 419. The second kappa shape index (κ2) is 5.25. The summed E-state index contributed by atoms with van der Waals surface area (Å²) in [6, 6.07) is 1.88. The van der Waals surface area contributed by atoms with Gasteiger partial charge < -0.3 is 15.4 Å². The van der Waals surface area contributed by atoms with Crippen LogP contribution in [0.15, 0.2) is 18.5 Å². The molecule has 1 aliphatic rings. The Morgan fingerprint density at radius 2 is 2.11 bits per heavy atom. The van der Waals surface area contributed by atoms with Crippen LogP contribution in [-0.4, -0.2) is 22.0 Å². The van der Waals surface area contributed by atoms with Crippen LogP contribution in [0.5, 0.6) is 0 Å². The molecule has 0 radical (unpaired) electrons. The summed E-state index contributed by atoms with van der Waals surface area (Å²) in [4.78, 5) is 26.0. The molecule has 0 saturated heterocycles. The lowest BCUT2D eigenvalue weighted by atomic mass is 9.82. The molecule has 0 aromatic carbocycles. The standard InChI is InChI=1S/C13H18N2O3/c16-11(15-9-10-3-6-14-8-10)7-13(12(17)18)4-1-2-5-13/h3,6,8,14H,1-2,4-5,7,9H2,(H,15,16)(H,17,18). The van der Waals surface area contributed by atoms with Crippen molar-refractivity contribution in [1.29, 1.82) is 0 Å². The van der Waals surface area contributed by atoms with Crippen molar-refractivity contribution < 1.29 is 14.7 Å². The second-order valence-corrected chi connectivity index (χ2v) is 4.97. The van der Waals surface area contributed by atoms with Gasteiger partial charge in [-0.05, 0) is 24.5 Å². The first-order valence-electron chi connectivity index (χ1n) is 6.24. The van der Waals surface area contributed by atoms with Crippen LogP contribution in [0.4, 0.5) is 0 Å². The lowest BCUT2D eigenvalue weighted by Crippen LogP contribution is -2.35. The number of hydrogen-bond donors (Lipinski definition) is 3. The number of aromatic nitrogens is 1. The highest BCUT2D eigenvalue weighted by atomic mass is 16.4. The molecule has 1 aromatic heterocycles. The number of H-pyrrole nitrogens is 1. The van der Waals surface area contributed by atoms with Gasteiger partial charge in [0.2, 0.25) is 5.91 Å². The van der Waals surface area contributed by atoms with Crippen LogP contribution < -0.4 is 5.32 Å². The average Bonchev–Trinajstić information content (AvgIpc) is 2.97. The number of nitrogens with one attached hydrogen (secondary N) is 2. The van der Waals surface area contributed by atoms with E-state index in [-0.39, 0.29) is 12.3 Å². The van der Waals surface area contributed by atoms with E-state index < -0.39 is 11.4 Å². The quantitative estimate of drug-likeness (QED) is 0.743. The summed E-state index contributed by atoms with van der Waals surface area (Å²) in [5.41, 5.74) is 0.154. The SMILES string of the molecule is O=C(CC1(C(=O)O)CCCC1)NCc1cc[nH]c1. The molecule has 0 aliphatic heterocycles. The summed E-state index contributed by atoms with van der Waals surface area (Å²) in [5.74, 6) is -1.02. The van der Waals surface area contributed by atoms with Crippen molar-refractivity contribution in [1.82, 2.24) is 10.3 Å². The number of aromatic amines is 1. The van der Waals surface area contributed by atoms with E-state index in [1.54, 1.807) is 6.20 Å². The third kappa shape index (κ3) is 2.72. The number of aliphatic carboxylic acids is 1. The maximum absolute atomic E-state index is 11.8. The van der Waals surface area contributed by atoms with E-state index >= 15 is 0 Å². The summed E-state index contributed by atoms with van der Waals surface area (Å²) < 4.78 is 0. The van der Waals surface area contributed by atoms with Crippen molar-refractivity contribution in [2.24, 2.45) is 5.41 Å². The monoisotopic (exact) mass is 250 g/mol. The number of hydrogen-bond acceptors (Lipinski definition) is 2. The van der Waals surface area contributed by atoms with Crippen molar-refractivity contribution in [3.63, 3.8) is 0 Å². The summed E-state index contributed by atoms with van der Waals surface area (Å²) in [7, 11) is 0. The molecule has 0 unspecified atom stereocenters. The number of carbonyl (C=O) groups excluding carboxylic acids is 1. The number of amides is 1. The molecule has 1 amide bonds. The minimum atomic E-state index is -0.836. The normalized spacial score (nSPS) is 17.6. The second-order valence-electron chi connectivity index (χ2n) is 4.97. The van der Waals surface area contributed by atoms with Gasteiger partial charge in [-0.15, -0.1) is 0 Å². The van der Waals surface area contributed by atoms with E-state index in [1.165, 1.54) is 0 Å². The molecule has 5 nitrogen and oxygen atoms in total. The molecular weight excluding hydrogens is 232 g/mol. The molecule has 1 aromatic rings. The molecule has 98 valence electrons. The lowest BCUT2D eigenvalue weighted by molar-refractivity contribution is -0.151. The van der Waals surface area contributed by atoms with E-state index in [0.717, 1.165) is 18.4 Å². The van der Waals surface area contributed by atoms with Gasteiger partial charge in [-0.3, -0.25) is 9.59 Å². The van der Waals surface area contributed by atoms with Crippen LogP contribution in [0.2, 0.25) is 0 Å². The Balaban J connectivity index is 1.88.